The van der Waals surface area contributed by atoms with Crippen molar-refractivity contribution in [3.8, 4) is 0 Å². The molecule has 3 heteroatoms. The summed E-state index contributed by atoms with van der Waals surface area (Å²) in [5.74, 6) is -0.320. The second kappa shape index (κ2) is 7.77. The molecule has 0 spiro atoms. The molecule has 126 valence electrons. The summed E-state index contributed by atoms with van der Waals surface area (Å²) in [4.78, 5) is 12.5. The number of esters is 1. The van der Waals surface area contributed by atoms with Crippen LogP contribution in [0.5, 0.6) is 0 Å². The molecule has 0 saturated heterocycles. The van der Waals surface area contributed by atoms with E-state index in [1.165, 1.54) is 0 Å². The topological polar surface area (TPSA) is 52.3 Å². The summed E-state index contributed by atoms with van der Waals surface area (Å²) in [6.07, 6.45) is 0.175. The zero-order chi connectivity index (χ0) is 17.5. The van der Waals surface area contributed by atoms with Gasteiger partial charge < -0.3 is 10.5 Å². The summed E-state index contributed by atoms with van der Waals surface area (Å²) in [7, 11) is 0. The fraction of sp³-hybridized carbons (Fsp3) is 0.136. The molecule has 3 rings (SSSR count). The molecule has 25 heavy (non-hydrogen) atoms. The molecule has 3 aromatic carbocycles. The predicted molar refractivity (Wildman–Crippen MR) is 99.0 cm³/mol. The largest absolute Gasteiger partial charge is 0.444 e. The van der Waals surface area contributed by atoms with Crippen molar-refractivity contribution in [1.82, 2.24) is 0 Å². The van der Waals surface area contributed by atoms with Crippen molar-refractivity contribution in [2.24, 2.45) is 5.73 Å². The molecule has 0 bridgehead atoms. The Kier molecular flexibility index (Phi) is 5.26. The lowest BCUT2D eigenvalue weighted by atomic mass is 9.80. The van der Waals surface area contributed by atoms with E-state index in [-0.39, 0.29) is 18.9 Å². The normalized spacial score (nSPS) is 11.1. The molecule has 0 heterocycles. The maximum absolute atomic E-state index is 12.5. The third-order valence-corrected chi connectivity index (χ3v) is 4.16. The Morgan fingerprint density at radius 1 is 0.720 bits per heavy atom. The first-order valence-corrected chi connectivity index (χ1v) is 8.36. The van der Waals surface area contributed by atoms with Gasteiger partial charge in [0.25, 0.3) is 0 Å². The van der Waals surface area contributed by atoms with Crippen LogP contribution in [-0.4, -0.2) is 12.5 Å². The smallest absolute Gasteiger partial charge is 0.308 e. The first-order chi connectivity index (χ1) is 12.3. The van der Waals surface area contributed by atoms with Crippen molar-refractivity contribution in [3.05, 3.63) is 108 Å². The third kappa shape index (κ3) is 3.47. The van der Waals surface area contributed by atoms with E-state index in [1.807, 2.05) is 91.0 Å². The average molecular weight is 331 g/mol. The number of benzene rings is 3. The predicted octanol–water partition coefficient (Wildman–Crippen LogP) is 3.87. The zero-order valence-electron chi connectivity index (χ0n) is 14.0. The Bertz CT molecular complexity index is 705. The quantitative estimate of drug-likeness (QED) is 0.551. The number of hydrogen-bond donors (Lipinski definition) is 1. The van der Waals surface area contributed by atoms with Crippen LogP contribution in [0.2, 0.25) is 0 Å². The number of hydrogen-bond acceptors (Lipinski definition) is 3. The minimum Gasteiger partial charge on any atom is -0.444 e. The van der Waals surface area contributed by atoms with E-state index < -0.39 is 5.60 Å². The Balaban J connectivity index is 2.26. The van der Waals surface area contributed by atoms with Crippen LogP contribution in [0.15, 0.2) is 91.0 Å². The maximum atomic E-state index is 12.5. The van der Waals surface area contributed by atoms with E-state index in [9.17, 15) is 4.79 Å². The summed E-state index contributed by atoms with van der Waals surface area (Å²) < 4.78 is 6.12. The molecule has 0 fully saturated rings. The molecule has 0 aliphatic carbocycles. The lowest BCUT2D eigenvalue weighted by Gasteiger charge is -2.35. The van der Waals surface area contributed by atoms with Crippen LogP contribution in [0.3, 0.4) is 0 Å². The minimum absolute atomic E-state index is 0.175. The van der Waals surface area contributed by atoms with Gasteiger partial charge in [0.2, 0.25) is 0 Å². The lowest BCUT2D eigenvalue weighted by Crippen LogP contribution is -2.35. The van der Waals surface area contributed by atoms with Gasteiger partial charge in [-0.1, -0.05) is 91.0 Å². The Hall–Kier alpha value is -2.91. The van der Waals surface area contributed by atoms with E-state index >= 15 is 0 Å². The van der Waals surface area contributed by atoms with Gasteiger partial charge in [0, 0.05) is 23.2 Å². The molecule has 3 nitrogen and oxygen atoms in total. The van der Waals surface area contributed by atoms with Gasteiger partial charge in [0.05, 0.1) is 6.42 Å². The highest BCUT2D eigenvalue weighted by Crippen LogP contribution is 2.40. The summed E-state index contributed by atoms with van der Waals surface area (Å²) in [5, 5.41) is 0. The Labute approximate surface area is 148 Å². The van der Waals surface area contributed by atoms with Gasteiger partial charge in [0.15, 0.2) is 5.60 Å². The first-order valence-electron chi connectivity index (χ1n) is 8.36. The second-order valence-electron chi connectivity index (χ2n) is 5.79. The van der Waals surface area contributed by atoms with Crippen LogP contribution in [0.4, 0.5) is 0 Å². The molecule has 0 amide bonds. The van der Waals surface area contributed by atoms with E-state index in [2.05, 4.69) is 0 Å². The molecule has 0 aliphatic rings. The Morgan fingerprint density at radius 3 is 1.40 bits per heavy atom. The summed E-state index contributed by atoms with van der Waals surface area (Å²) in [5.41, 5.74) is 7.26. The fourth-order valence-electron chi connectivity index (χ4n) is 3.03. The van der Waals surface area contributed by atoms with E-state index in [1.54, 1.807) is 0 Å². The standard InChI is InChI=1S/C22H21NO2/c23-17-16-21(24)25-22(18-10-4-1-5-11-18,19-12-6-2-7-13-19)20-14-8-3-9-15-20/h1-15H,16-17,23H2. The summed E-state index contributed by atoms with van der Waals surface area (Å²) >= 11 is 0. The summed E-state index contributed by atoms with van der Waals surface area (Å²) in [6.45, 7) is 0.257. The van der Waals surface area contributed by atoms with Crippen molar-refractivity contribution in [1.29, 1.82) is 0 Å². The highest BCUT2D eigenvalue weighted by atomic mass is 16.6. The number of ether oxygens (including phenoxy) is 1. The minimum atomic E-state index is -1.00. The molecule has 2 N–H and O–H groups in total. The number of carbonyl (C=O) groups excluding carboxylic acids is 1. The highest BCUT2D eigenvalue weighted by molar-refractivity contribution is 5.72. The monoisotopic (exact) mass is 331 g/mol. The van der Waals surface area contributed by atoms with Gasteiger partial charge >= 0.3 is 5.97 Å². The van der Waals surface area contributed by atoms with Crippen LogP contribution in [-0.2, 0) is 15.1 Å². The van der Waals surface area contributed by atoms with E-state index in [0.29, 0.717) is 0 Å². The molecule has 0 aromatic heterocycles. The second-order valence-corrected chi connectivity index (χ2v) is 5.79. The fourth-order valence-corrected chi connectivity index (χ4v) is 3.03. The molecular weight excluding hydrogens is 310 g/mol. The van der Waals surface area contributed by atoms with Crippen molar-refractivity contribution in [3.63, 3.8) is 0 Å². The lowest BCUT2D eigenvalue weighted by molar-refractivity contribution is -0.153. The van der Waals surface area contributed by atoms with Gasteiger partial charge in [-0.2, -0.15) is 0 Å². The molecule has 0 aliphatic heterocycles. The van der Waals surface area contributed by atoms with Crippen LogP contribution in [0, 0.1) is 0 Å². The molecule has 0 unspecified atom stereocenters. The molecule has 3 aromatic rings. The molecular formula is C22H21NO2. The maximum Gasteiger partial charge on any atom is 0.308 e. The van der Waals surface area contributed by atoms with Crippen LogP contribution >= 0.6 is 0 Å². The van der Waals surface area contributed by atoms with Crippen LogP contribution in [0.1, 0.15) is 23.1 Å². The molecule has 0 saturated carbocycles. The van der Waals surface area contributed by atoms with Crippen molar-refractivity contribution in [2.45, 2.75) is 12.0 Å². The highest BCUT2D eigenvalue weighted by Gasteiger charge is 2.40. The zero-order valence-corrected chi connectivity index (χ0v) is 14.0. The van der Waals surface area contributed by atoms with Gasteiger partial charge in [0.1, 0.15) is 0 Å². The number of nitrogens with two attached hydrogens (primary N) is 1. The van der Waals surface area contributed by atoms with E-state index in [4.69, 9.17) is 10.5 Å². The number of carbonyl (C=O) groups is 1. The van der Waals surface area contributed by atoms with Crippen LogP contribution in [0.25, 0.3) is 0 Å². The third-order valence-electron chi connectivity index (χ3n) is 4.16. The van der Waals surface area contributed by atoms with E-state index in [0.717, 1.165) is 16.7 Å². The molecule has 0 atom stereocenters. The van der Waals surface area contributed by atoms with Gasteiger partial charge in [-0.05, 0) is 0 Å². The summed E-state index contributed by atoms with van der Waals surface area (Å²) in [6, 6.07) is 29.4. The number of rotatable bonds is 6. The van der Waals surface area contributed by atoms with Gasteiger partial charge in [-0.3, -0.25) is 4.79 Å². The average Bonchev–Trinajstić information content (AvgIpc) is 2.68. The first kappa shape index (κ1) is 16.9. The van der Waals surface area contributed by atoms with Crippen LogP contribution < -0.4 is 5.73 Å². The van der Waals surface area contributed by atoms with Crippen molar-refractivity contribution < 1.29 is 9.53 Å². The van der Waals surface area contributed by atoms with Gasteiger partial charge in [-0.25, -0.2) is 0 Å². The Morgan fingerprint density at radius 2 is 1.08 bits per heavy atom. The SMILES string of the molecule is NCCC(=O)OC(c1ccccc1)(c1ccccc1)c1ccccc1. The molecule has 0 radical (unpaired) electrons. The van der Waals surface area contributed by atoms with Crippen molar-refractivity contribution >= 4 is 5.97 Å². The van der Waals surface area contributed by atoms with Gasteiger partial charge in [-0.15, -0.1) is 0 Å². The van der Waals surface area contributed by atoms with Crippen molar-refractivity contribution in [2.75, 3.05) is 6.54 Å².